The molecule has 0 aromatic heterocycles. The third kappa shape index (κ3) is 7.58. The number of amides is 2. The zero-order valence-corrected chi connectivity index (χ0v) is 20.4. The highest BCUT2D eigenvalue weighted by atomic mass is 35.5. The van der Waals surface area contributed by atoms with Crippen LogP contribution < -0.4 is 5.32 Å². The van der Waals surface area contributed by atoms with Gasteiger partial charge in [0.25, 0.3) is 0 Å². The molecule has 0 fully saturated rings. The van der Waals surface area contributed by atoms with Crippen LogP contribution in [-0.4, -0.2) is 34.6 Å². The van der Waals surface area contributed by atoms with Gasteiger partial charge in [0.2, 0.25) is 11.8 Å². The van der Waals surface area contributed by atoms with Gasteiger partial charge in [-0.2, -0.15) is 0 Å². The Bertz CT molecular complexity index is 874. The van der Waals surface area contributed by atoms with Crippen molar-refractivity contribution in [1.82, 2.24) is 10.2 Å². The van der Waals surface area contributed by atoms with Crippen molar-refractivity contribution < 1.29 is 9.59 Å². The molecule has 0 aliphatic heterocycles. The van der Waals surface area contributed by atoms with E-state index in [-0.39, 0.29) is 17.9 Å². The summed E-state index contributed by atoms with van der Waals surface area (Å²) in [4.78, 5) is 28.0. The van der Waals surface area contributed by atoms with E-state index in [1.165, 1.54) is 11.8 Å². The lowest BCUT2D eigenvalue weighted by atomic mass is 10.1. The van der Waals surface area contributed by atoms with Gasteiger partial charge < -0.3 is 10.2 Å². The molecule has 0 radical (unpaired) electrons. The van der Waals surface area contributed by atoms with Gasteiger partial charge in [-0.3, -0.25) is 9.59 Å². The van der Waals surface area contributed by atoms with Crippen molar-refractivity contribution in [1.29, 1.82) is 0 Å². The predicted octanol–water partition coefficient (Wildman–Crippen LogP) is 5.60. The number of aryl methyl sites for hydroxylation is 1. The third-order valence-corrected chi connectivity index (χ3v) is 6.76. The van der Waals surface area contributed by atoms with Crippen LogP contribution in [0.15, 0.2) is 48.5 Å². The molecule has 2 aromatic carbocycles. The molecule has 0 aliphatic carbocycles. The van der Waals surface area contributed by atoms with Gasteiger partial charge in [0.05, 0.1) is 5.75 Å². The molecule has 0 saturated heterocycles. The largest absolute Gasteiger partial charge is 0.352 e. The minimum atomic E-state index is -0.498. The van der Waals surface area contributed by atoms with Gasteiger partial charge in [0, 0.05) is 23.4 Å². The van der Waals surface area contributed by atoms with E-state index in [4.69, 9.17) is 11.6 Å². The molecule has 6 heteroatoms. The van der Waals surface area contributed by atoms with E-state index in [1.807, 2.05) is 76.2 Å². The van der Waals surface area contributed by atoms with Crippen molar-refractivity contribution in [2.45, 2.75) is 64.9 Å². The molecule has 31 heavy (non-hydrogen) atoms. The summed E-state index contributed by atoms with van der Waals surface area (Å²) < 4.78 is 0. The summed E-state index contributed by atoms with van der Waals surface area (Å²) in [6.07, 6.45) is 1.41. The van der Waals surface area contributed by atoms with E-state index in [2.05, 4.69) is 5.32 Å². The van der Waals surface area contributed by atoms with Gasteiger partial charge in [-0.25, -0.2) is 0 Å². The molecule has 2 aromatic rings. The first-order chi connectivity index (χ1) is 14.9. The highest BCUT2D eigenvalue weighted by Crippen LogP contribution is 2.22. The fraction of sp³-hybridized carbons (Fsp3) is 0.440. The van der Waals surface area contributed by atoms with Crippen LogP contribution >= 0.6 is 23.4 Å². The maximum atomic E-state index is 13.3. The van der Waals surface area contributed by atoms with Crippen molar-refractivity contribution in [2.75, 3.05) is 5.75 Å². The molecule has 0 heterocycles. The van der Waals surface area contributed by atoms with E-state index in [0.29, 0.717) is 29.5 Å². The van der Waals surface area contributed by atoms with Crippen LogP contribution in [0, 0.1) is 6.92 Å². The number of benzene rings is 2. The van der Waals surface area contributed by atoms with Crippen molar-refractivity contribution in [2.24, 2.45) is 0 Å². The highest BCUT2D eigenvalue weighted by Gasteiger charge is 2.29. The Morgan fingerprint density at radius 1 is 1.03 bits per heavy atom. The van der Waals surface area contributed by atoms with Crippen molar-refractivity contribution in [3.05, 3.63) is 70.2 Å². The summed E-state index contributed by atoms with van der Waals surface area (Å²) in [5.74, 6) is 0.824. The standard InChI is InChI=1S/C25H33ClN2O2S/c1-5-19(4)27-25(30)23(6-2)28(15-20-12-8-7-11-18(20)3)24(29)17-31-16-21-13-9-10-14-22(21)26/h7-14,19,23H,5-6,15-17H2,1-4H3,(H,27,30). The normalized spacial score (nSPS) is 12.8. The topological polar surface area (TPSA) is 49.4 Å². The zero-order chi connectivity index (χ0) is 22.8. The number of carbonyl (C=O) groups is 2. The summed E-state index contributed by atoms with van der Waals surface area (Å²) in [7, 11) is 0. The van der Waals surface area contributed by atoms with E-state index >= 15 is 0 Å². The molecule has 2 amide bonds. The molecule has 2 unspecified atom stereocenters. The molecule has 168 valence electrons. The molecule has 0 spiro atoms. The molecular formula is C25H33ClN2O2S. The number of hydrogen-bond acceptors (Lipinski definition) is 3. The van der Waals surface area contributed by atoms with Gasteiger partial charge in [0.15, 0.2) is 0 Å². The minimum absolute atomic E-state index is 0.0357. The molecule has 0 saturated carbocycles. The Morgan fingerprint density at radius 3 is 2.29 bits per heavy atom. The van der Waals surface area contributed by atoms with Crippen molar-refractivity contribution in [3.8, 4) is 0 Å². The van der Waals surface area contributed by atoms with Crippen LogP contribution in [0.5, 0.6) is 0 Å². The molecular weight excluding hydrogens is 428 g/mol. The Balaban J connectivity index is 2.16. The van der Waals surface area contributed by atoms with Crippen molar-refractivity contribution in [3.63, 3.8) is 0 Å². The first-order valence-corrected chi connectivity index (χ1v) is 12.4. The number of halogens is 1. The van der Waals surface area contributed by atoms with Crippen LogP contribution in [0.25, 0.3) is 0 Å². The molecule has 2 atom stereocenters. The van der Waals surface area contributed by atoms with Crippen LogP contribution in [0.3, 0.4) is 0 Å². The van der Waals surface area contributed by atoms with Crippen molar-refractivity contribution >= 4 is 35.2 Å². The molecule has 4 nitrogen and oxygen atoms in total. The Labute approximate surface area is 195 Å². The lowest BCUT2D eigenvalue weighted by molar-refractivity contribution is -0.139. The molecule has 1 N–H and O–H groups in total. The van der Waals surface area contributed by atoms with Crippen LogP contribution in [-0.2, 0) is 21.9 Å². The smallest absolute Gasteiger partial charge is 0.243 e. The van der Waals surface area contributed by atoms with Gasteiger partial charge in [-0.1, -0.05) is 67.9 Å². The van der Waals surface area contributed by atoms with Crippen LogP contribution in [0.2, 0.25) is 5.02 Å². The minimum Gasteiger partial charge on any atom is -0.352 e. The predicted molar refractivity (Wildman–Crippen MR) is 131 cm³/mol. The van der Waals surface area contributed by atoms with Gasteiger partial charge in [-0.05, 0) is 49.4 Å². The molecule has 0 bridgehead atoms. The fourth-order valence-corrected chi connectivity index (χ4v) is 4.47. The van der Waals surface area contributed by atoms with Crippen LogP contribution in [0.1, 0.15) is 50.3 Å². The molecule has 0 aliphatic rings. The number of nitrogens with one attached hydrogen (secondary N) is 1. The second kappa shape index (κ2) is 12.8. The zero-order valence-electron chi connectivity index (χ0n) is 18.9. The number of carbonyl (C=O) groups excluding carboxylic acids is 2. The number of hydrogen-bond donors (Lipinski definition) is 1. The Kier molecular flexibility index (Phi) is 10.4. The third-order valence-electron chi connectivity index (χ3n) is 5.43. The summed E-state index contributed by atoms with van der Waals surface area (Å²) in [6, 6.07) is 15.3. The van der Waals surface area contributed by atoms with E-state index in [0.717, 1.165) is 23.1 Å². The maximum Gasteiger partial charge on any atom is 0.243 e. The Morgan fingerprint density at radius 2 is 1.68 bits per heavy atom. The lowest BCUT2D eigenvalue weighted by Gasteiger charge is -2.32. The summed E-state index contributed by atoms with van der Waals surface area (Å²) in [5, 5.41) is 3.76. The quantitative estimate of drug-likeness (QED) is 0.474. The second-order valence-corrected chi connectivity index (χ2v) is 9.17. The highest BCUT2D eigenvalue weighted by molar-refractivity contribution is 7.99. The van der Waals surface area contributed by atoms with E-state index < -0.39 is 6.04 Å². The monoisotopic (exact) mass is 460 g/mol. The average molecular weight is 461 g/mol. The number of thioether (sulfide) groups is 1. The summed E-state index contributed by atoms with van der Waals surface area (Å²) in [6.45, 7) is 8.43. The second-order valence-electron chi connectivity index (χ2n) is 7.77. The summed E-state index contributed by atoms with van der Waals surface area (Å²) >= 11 is 7.76. The maximum absolute atomic E-state index is 13.3. The number of rotatable bonds is 11. The van der Waals surface area contributed by atoms with Gasteiger partial charge in [0.1, 0.15) is 6.04 Å². The van der Waals surface area contributed by atoms with Gasteiger partial charge in [-0.15, -0.1) is 11.8 Å². The van der Waals surface area contributed by atoms with E-state index in [9.17, 15) is 9.59 Å². The first-order valence-electron chi connectivity index (χ1n) is 10.8. The van der Waals surface area contributed by atoms with E-state index in [1.54, 1.807) is 4.90 Å². The lowest BCUT2D eigenvalue weighted by Crippen LogP contribution is -2.51. The Hall–Kier alpha value is -1.98. The first kappa shape index (κ1) is 25.3. The average Bonchev–Trinajstić information content (AvgIpc) is 2.76. The summed E-state index contributed by atoms with van der Waals surface area (Å²) in [5.41, 5.74) is 3.18. The van der Waals surface area contributed by atoms with Gasteiger partial charge >= 0.3 is 0 Å². The fourth-order valence-electron chi connectivity index (χ4n) is 3.28. The molecule has 2 rings (SSSR count). The van der Waals surface area contributed by atoms with Crippen LogP contribution in [0.4, 0.5) is 0 Å². The SMILES string of the molecule is CCC(C)NC(=O)C(CC)N(Cc1ccccc1C)C(=O)CSCc1ccccc1Cl. The number of nitrogens with zero attached hydrogens (tertiary/aromatic N) is 1.